The van der Waals surface area contributed by atoms with E-state index in [4.69, 9.17) is 6.42 Å². The standard InChI is InChI=1S/C16H22N2O/c1-5-11-17-16(19)13(4)18-12(3)15-9-7-14(6-2)8-10-15/h1,7-10,12-13,18H,6,11H2,2-4H3,(H,17,19). The van der Waals surface area contributed by atoms with Crippen molar-refractivity contribution in [3.63, 3.8) is 0 Å². The second-order valence-electron chi connectivity index (χ2n) is 4.63. The Morgan fingerprint density at radius 1 is 1.32 bits per heavy atom. The SMILES string of the molecule is C#CCNC(=O)C(C)NC(C)c1ccc(CC)cc1. The van der Waals surface area contributed by atoms with E-state index < -0.39 is 0 Å². The van der Waals surface area contributed by atoms with E-state index in [1.165, 1.54) is 11.1 Å². The first-order valence-corrected chi connectivity index (χ1v) is 6.64. The number of rotatable bonds is 6. The highest BCUT2D eigenvalue weighted by Crippen LogP contribution is 2.14. The molecule has 2 unspecified atom stereocenters. The minimum absolute atomic E-state index is 0.0741. The quantitative estimate of drug-likeness (QED) is 0.767. The molecule has 0 fully saturated rings. The van der Waals surface area contributed by atoms with E-state index in [0.717, 1.165) is 6.42 Å². The lowest BCUT2D eigenvalue weighted by Crippen LogP contribution is -2.43. The zero-order chi connectivity index (χ0) is 14.3. The minimum Gasteiger partial charge on any atom is -0.344 e. The van der Waals surface area contributed by atoms with Gasteiger partial charge in [0.1, 0.15) is 0 Å². The fraction of sp³-hybridized carbons (Fsp3) is 0.438. The average Bonchev–Trinajstić information content (AvgIpc) is 2.44. The normalized spacial score (nSPS) is 13.4. The van der Waals surface area contributed by atoms with Crippen molar-refractivity contribution in [2.24, 2.45) is 0 Å². The lowest BCUT2D eigenvalue weighted by Gasteiger charge is -2.19. The molecule has 3 nitrogen and oxygen atoms in total. The second kappa shape index (κ2) is 7.60. The molecular formula is C16H22N2O. The maximum atomic E-state index is 11.7. The lowest BCUT2D eigenvalue weighted by atomic mass is 10.0. The molecule has 0 spiro atoms. The van der Waals surface area contributed by atoms with Gasteiger partial charge in [0.15, 0.2) is 0 Å². The maximum Gasteiger partial charge on any atom is 0.237 e. The Balaban J connectivity index is 2.55. The van der Waals surface area contributed by atoms with Crippen molar-refractivity contribution in [1.29, 1.82) is 0 Å². The highest BCUT2D eigenvalue weighted by molar-refractivity contribution is 5.81. The Labute approximate surface area is 115 Å². The molecule has 0 radical (unpaired) electrons. The summed E-state index contributed by atoms with van der Waals surface area (Å²) >= 11 is 0. The Bertz CT molecular complexity index is 445. The summed E-state index contributed by atoms with van der Waals surface area (Å²) < 4.78 is 0. The summed E-state index contributed by atoms with van der Waals surface area (Å²) in [5.74, 6) is 2.32. The van der Waals surface area contributed by atoms with Crippen LogP contribution in [0.25, 0.3) is 0 Å². The Morgan fingerprint density at radius 2 is 1.95 bits per heavy atom. The Hall–Kier alpha value is -1.79. The van der Waals surface area contributed by atoms with E-state index >= 15 is 0 Å². The lowest BCUT2D eigenvalue weighted by molar-refractivity contribution is -0.122. The number of carbonyl (C=O) groups excluding carboxylic acids is 1. The fourth-order valence-corrected chi connectivity index (χ4v) is 1.88. The van der Waals surface area contributed by atoms with Crippen molar-refractivity contribution in [2.75, 3.05) is 6.54 Å². The summed E-state index contributed by atoms with van der Waals surface area (Å²) in [6, 6.07) is 8.30. The third-order valence-corrected chi connectivity index (χ3v) is 3.15. The maximum absolute atomic E-state index is 11.7. The number of nitrogens with one attached hydrogen (secondary N) is 2. The van der Waals surface area contributed by atoms with Crippen molar-refractivity contribution in [3.8, 4) is 12.3 Å². The van der Waals surface area contributed by atoms with Gasteiger partial charge in [-0.2, -0.15) is 0 Å². The van der Waals surface area contributed by atoms with Crippen molar-refractivity contribution < 1.29 is 4.79 Å². The first-order chi connectivity index (χ1) is 9.08. The number of carbonyl (C=O) groups is 1. The van der Waals surface area contributed by atoms with E-state index in [2.05, 4.69) is 47.7 Å². The number of hydrogen-bond acceptors (Lipinski definition) is 2. The van der Waals surface area contributed by atoms with Crippen molar-refractivity contribution in [2.45, 2.75) is 39.3 Å². The van der Waals surface area contributed by atoms with Crippen LogP contribution in [-0.2, 0) is 11.2 Å². The molecule has 19 heavy (non-hydrogen) atoms. The first kappa shape index (κ1) is 15.3. The first-order valence-electron chi connectivity index (χ1n) is 6.64. The number of aryl methyl sites for hydroxylation is 1. The van der Waals surface area contributed by atoms with Gasteiger partial charge in [-0.3, -0.25) is 10.1 Å². The summed E-state index contributed by atoms with van der Waals surface area (Å²) in [5, 5.41) is 5.93. The van der Waals surface area contributed by atoms with Crippen LogP contribution < -0.4 is 10.6 Å². The summed E-state index contributed by atoms with van der Waals surface area (Å²) in [6.07, 6.45) is 6.15. The molecule has 0 aromatic heterocycles. The van der Waals surface area contributed by atoms with Crippen molar-refractivity contribution in [3.05, 3.63) is 35.4 Å². The topological polar surface area (TPSA) is 41.1 Å². The van der Waals surface area contributed by atoms with Crippen LogP contribution >= 0.6 is 0 Å². The third-order valence-electron chi connectivity index (χ3n) is 3.15. The van der Waals surface area contributed by atoms with Crippen LogP contribution in [0.1, 0.15) is 37.9 Å². The molecule has 0 aliphatic heterocycles. The van der Waals surface area contributed by atoms with Crippen molar-refractivity contribution >= 4 is 5.91 Å². The highest BCUT2D eigenvalue weighted by atomic mass is 16.2. The average molecular weight is 258 g/mol. The van der Waals surface area contributed by atoms with Gasteiger partial charge in [-0.25, -0.2) is 0 Å². The van der Waals surface area contributed by atoms with Crippen LogP contribution in [0.15, 0.2) is 24.3 Å². The van der Waals surface area contributed by atoms with Crippen LogP contribution in [0.4, 0.5) is 0 Å². The molecule has 1 aromatic carbocycles. The molecule has 0 aliphatic rings. The number of amides is 1. The molecule has 3 heteroatoms. The molecule has 2 N–H and O–H groups in total. The van der Waals surface area contributed by atoms with Crippen LogP contribution in [0.2, 0.25) is 0 Å². The van der Waals surface area contributed by atoms with Gasteiger partial charge < -0.3 is 5.32 Å². The molecule has 1 amide bonds. The van der Waals surface area contributed by atoms with Gasteiger partial charge >= 0.3 is 0 Å². The number of hydrogen-bond donors (Lipinski definition) is 2. The van der Waals surface area contributed by atoms with Gasteiger partial charge in [0.25, 0.3) is 0 Å². The minimum atomic E-state index is -0.269. The van der Waals surface area contributed by atoms with Crippen LogP contribution in [0.3, 0.4) is 0 Å². The molecular weight excluding hydrogens is 236 g/mol. The Morgan fingerprint density at radius 3 is 2.47 bits per heavy atom. The van der Waals surface area contributed by atoms with E-state index in [-0.39, 0.29) is 24.5 Å². The molecule has 0 saturated carbocycles. The molecule has 0 saturated heterocycles. The second-order valence-corrected chi connectivity index (χ2v) is 4.63. The monoisotopic (exact) mass is 258 g/mol. The summed E-state index contributed by atoms with van der Waals surface area (Å²) in [4.78, 5) is 11.7. The van der Waals surface area contributed by atoms with E-state index in [1.54, 1.807) is 0 Å². The molecule has 0 bridgehead atoms. The highest BCUT2D eigenvalue weighted by Gasteiger charge is 2.15. The van der Waals surface area contributed by atoms with Crippen molar-refractivity contribution in [1.82, 2.24) is 10.6 Å². The molecule has 2 atom stereocenters. The molecule has 0 aliphatic carbocycles. The predicted octanol–water partition coefficient (Wildman–Crippen LogP) is 2.04. The van der Waals surface area contributed by atoms with Gasteiger partial charge in [0, 0.05) is 6.04 Å². The van der Waals surface area contributed by atoms with Crippen LogP contribution in [0, 0.1) is 12.3 Å². The number of benzene rings is 1. The van der Waals surface area contributed by atoms with Gasteiger partial charge in [-0.1, -0.05) is 37.1 Å². The largest absolute Gasteiger partial charge is 0.344 e. The third kappa shape index (κ3) is 4.76. The zero-order valence-electron chi connectivity index (χ0n) is 11.9. The van der Waals surface area contributed by atoms with Gasteiger partial charge in [0.05, 0.1) is 12.6 Å². The predicted molar refractivity (Wildman–Crippen MR) is 78.7 cm³/mol. The number of terminal acetylenes is 1. The van der Waals surface area contributed by atoms with E-state index in [0.29, 0.717) is 0 Å². The molecule has 102 valence electrons. The fourth-order valence-electron chi connectivity index (χ4n) is 1.88. The Kier molecular flexibility index (Phi) is 6.11. The van der Waals surface area contributed by atoms with Crippen LogP contribution in [-0.4, -0.2) is 18.5 Å². The van der Waals surface area contributed by atoms with Gasteiger partial charge in [0.2, 0.25) is 5.91 Å². The summed E-state index contributed by atoms with van der Waals surface area (Å²) in [7, 11) is 0. The summed E-state index contributed by atoms with van der Waals surface area (Å²) in [5.41, 5.74) is 2.49. The summed E-state index contributed by atoms with van der Waals surface area (Å²) in [6.45, 7) is 6.29. The molecule has 0 heterocycles. The van der Waals surface area contributed by atoms with Gasteiger partial charge in [-0.15, -0.1) is 6.42 Å². The van der Waals surface area contributed by atoms with E-state index in [9.17, 15) is 4.79 Å². The van der Waals surface area contributed by atoms with E-state index in [1.807, 2.05) is 13.8 Å². The van der Waals surface area contributed by atoms with Crippen LogP contribution in [0.5, 0.6) is 0 Å². The smallest absolute Gasteiger partial charge is 0.237 e. The zero-order valence-corrected chi connectivity index (χ0v) is 11.9. The molecule has 1 aromatic rings. The molecule has 1 rings (SSSR count). The van der Waals surface area contributed by atoms with Gasteiger partial charge in [-0.05, 0) is 31.4 Å².